The van der Waals surface area contributed by atoms with E-state index in [4.69, 9.17) is 5.73 Å². The molecule has 0 heterocycles. The molecule has 0 amide bonds. The van der Waals surface area contributed by atoms with Gasteiger partial charge in [0.2, 0.25) is 0 Å². The third kappa shape index (κ3) is 3.90. The second-order valence-corrected chi connectivity index (χ2v) is 4.92. The Kier molecular flexibility index (Phi) is 4.40. The largest absolute Gasteiger partial charge is 0.416 e. The van der Waals surface area contributed by atoms with E-state index in [1.54, 1.807) is 18.2 Å². The molecule has 2 N–H and O–H groups in total. The van der Waals surface area contributed by atoms with Gasteiger partial charge in [0, 0.05) is 25.0 Å². The number of hydrogen-bond donors (Lipinski definition) is 1. The second kappa shape index (κ2) is 6.08. The van der Waals surface area contributed by atoms with Gasteiger partial charge in [-0.2, -0.15) is 13.2 Å². The zero-order valence-corrected chi connectivity index (χ0v) is 11.7. The van der Waals surface area contributed by atoms with Crippen molar-refractivity contribution in [1.29, 1.82) is 0 Å². The van der Waals surface area contributed by atoms with Gasteiger partial charge in [0.15, 0.2) is 0 Å². The van der Waals surface area contributed by atoms with Gasteiger partial charge in [-0.15, -0.1) is 0 Å². The van der Waals surface area contributed by atoms with Crippen LogP contribution in [-0.2, 0) is 12.6 Å². The van der Waals surface area contributed by atoms with Crippen LogP contribution in [0, 0.1) is 0 Å². The zero-order chi connectivity index (χ0) is 15.5. The van der Waals surface area contributed by atoms with E-state index in [-0.39, 0.29) is 0 Å². The molecule has 5 heteroatoms. The fourth-order valence-corrected chi connectivity index (χ4v) is 2.16. The van der Waals surface area contributed by atoms with Crippen LogP contribution >= 0.6 is 0 Å². The Balaban J connectivity index is 2.08. The van der Waals surface area contributed by atoms with Crippen LogP contribution in [-0.4, -0.2) is 13.6 Å². The van der Waals surface area contributed by atoms with Crippen LogP contribution in [0.3, 0.4) is 0 Å². The number of nitrogens with zero attached hydrogens (tertiary/aromatic N) is 1. The lowest BCUT2D eigenvalue weighted by atomic mass is 10.0. The number of hydrogen-bond acceptors (Lipinski definition) is 2. The van der Waals surface area contributed by atoms with Crippen LogP contribution < -0.4 is 10.6 Å². The summed E-state index contributed by atoms with van der Waals surface area (Å²) < 4.78 is 38.7. The van der Waals surface area contributed by atoms with Crippen LogP contribution in [0.4, 0.5) is 24.5 Å². The number of halogens is 3. The third-order valence-corrected chi connectivity index (χ3v) is 3.37. The van der Waals surface area contributed by atoms with E-state index in [1.165, 1.54) is 12.1 Å². The second-order valence-electron chi connectivity index (χ2n) is 4.92. The third-order valence-electron chi connectivity index (χ3n) is 3.37. The zero-order valence-electron chi connectivity index (χ0n) is 11.7. The molecule has 0 spiro atoms. The molecule has 21 heavy (non-hydrogen) atoms. The lowest BCUT2D eigenvalue weighted by Crippen LogP contribution is -2.21. The molecule has 112 valence electrons. The Morgan fingerprint density at radius 1 is 1.00 bits per heavy atom. The fraction of sp³-hybridized carbons (Fsp3) is 0.250. The smallest absolute Gasteiger partial charge is 0.399 e. The number of rotatable bonds is 4. The molecule has 0 bridgehead atoms. The van der Waals surface area contributed by atoms with Crippen molar-refractivity contribution in [3.05, 3.63) is 59.7 Å². The van der Waals surface area contributed by atoms with Crippen LogP contribution in [0.2, 0.25) is 0 Å². The molecule has 0 aliphatic heterocycles. The standard InChI is InChI=1S/C16H17F3N2/c1-21(14-8-6-13(20)7-9-14)11-10-12-4-2-3-5-15(12)16(17,18)19/h2-9H,10-11,20H2,1H3. The molecule has 0 aliphatic rings. The van der Waals surface area contributed by atoms with Crippen LogP contribution in [0.15, 0.2) is 48.5 Å². The summed E-state index contributed by atoms with van der Waals surface area (Å²) >= 11 is 0. The van der Waals surface area contributed by atoms with Crippen molar-refractivity contribution in [3.8, 4) is 0 Å². The number of benzene rings is 2. The fourth-order valence-electron chi connectivity index (χ4n) is 2.16. The van der Waals surface area contributed by atoms with E-state index < -0.39 is 11.7 Å². The first-order valence-corrected chi connectivity index (χ1v) is 6.59. The average molecular weight is 294 g/mol. The number of nitrogens with two attached hydrogens (primary N) is 1. The first kappa shape index (κ1) is 15.2. The highest BCUT2D eigenvalue weighted by Gasteiger charge is 2.32. The number of likely N-dealkylation sites (N-methyl/N-ethyl adjacent to an activating group) is 1. The summed E-state index contributed by atoms with van der Waals surface area (Å²) in [5, 5.41) is 0. The van der Waals surface area contributed by atoms with Crippen molar-refractivity contribution in [2.75, 3.05) is 24.2 Å². The molecule has 0 saturated carbocycles. The van der Waals surface area contributed by atoms with Gasteiger partial charge >= 0.3 is 6.18 Å². The Morgan fingerprint density at radius 2 is 1.62 bits per heavy atom. The summed E-state index contributed by atoms with van der Waals surface area (Å²) in [5.74, 6) is 0. The molecule has 2 nitrogen and oxygen atoms in total. The summed E-state index contributed by atoms with van der Waals surface area (Å²) in [6.07, 6.45) is -3.98. The maximum Gasteiger partial charge on any atom is 0.416 e. The minimum atomic E-state index is -4.31. The van der Waals surface area contributed by atoms with E-state index >= 15 is 0 Å². The minimum absolute atomic E-state index is 0.312. The molecular formula is C16H17F3N2. The minimum Gasteiger partial charge on any atom is -0.399 e. The quantitative estimate of drug-likeness (QED) is 0.865. The molecule has 0 atom stereocenters. The normalized spacial score (nSPS) is 11.4. The molecule has 2 rings (SSSR count). The topological polar surface area (TPSA) is 29.3 Å². The molecule has 0 fully saturated rings. The van der Waals surface area contributed by atoms with Gasteiger partial charge in [-0.1, -0.05) is 18.2 Å². The number of anilines is 2. The molecule has 2 aromatic carbocycles. The van der Waals surface area contributed by atoms with Crippen molar-refractivity contribution in [1.82, 2.24) is 0 Å². The highest BCUT2D eigenvalue weighted by molar-refractivity contribution is 5.52. The van der Waals surface area contributed by atoms with Crippen molar-refractivity contribution in [2.24, 2.45) is 0 Å². The molecule has 0 unspecified atom stereocenters. The highest BCUT2D eigenvalue weighted by atomic mass is 19.4. The summed E-state index contributed by atoms with van der Waals surface area (Å²) in [6, 6.07) is 12.9. The van der Waals surface area contributed by atoms with Crippen molar-refractivity contribution in [2.45, 2.75) is 12.6 Å². The number of nitrogen functional groups attached to an aromatic ring is 1. The van der Waals surface area contributed by atoms with Crippen LogP contribution in [0.5, 0.6) is 0 Å². The lowest BCUT2D eigenvalue weighted by Gasteiger charge is -2.20. The predicted molar refractivity (Wildman–Crippen MR) is 79.3 cm³/mol. The Bertz CT molecular complexity index is 591. The monoisotopic (exact) mass is 294 g/mol. The van der Waals surface area contributed by atoms with Crippen LogP contribution in [0.1, 0.15) is 11.1 Å². The van der Waals surface area contributed by atoms with Gasteiger partial charge in [0.1, 0.15) is 0 Å². The van der Waals surface area contributed by atoms with E-state index in [2.05, 4.69) is 0 Å². The molecule has 0 aliphatic carbocycles. The Labute approximate surface area is 122 Å². The van der Waals surface area contributed by atoms with Crippen molar-refractivity contribution < 1.29 is 13.2 Å². The first-order valence-electron chi connectivity index (χ1n) is 6.59. The highest BCUT2D eigenvalue weighted by Crippen LogP contribution is 2.32. The van der Waals surface area contributed by atoms with E-state index in [1.807, 2.05) is 24.1 Å². The van der Waals surface area contributed by atoms with Gasteiger partial charge in [0.25, 0.3) is 0 Å². The maximum atomic E-state index is 12.9. The lowest BCUT2D eigenvalue weighted by molar-refractivity contribution is -0.138. The van der Waals surface area contributed by atoms with Gasteiger partial charge in [-0.25, -0.2) is 0 Å². The van der Waals surface area contributed by atoms with Gasteiger partial charge < -0.3 is 10.6 Å². The van der Waals surface area contributed by atoms with E-state index in [0.717, 1.165) is 11.8 Å². The average Bonchev–Trinajstić information content (AvgIpc) is 2.45. The molecule has 2 aromatic rings. The summed E-state index contributed by atoms with van der Waals surface area (Å²) in [4.78, 5) is 1.91. The maximum absolute atomic E-state index is 12.9. The van der Waals surface area contributed by atoms with Crippen molar-refractivity contribution >= 4 is 11.4 Å². The number of alkyl halides is 3. The first-order chi connectivity index (χ1) is 9.88. The predicted octanol–water partition coefficient (Wildman–Crippen LogP) is 3.97. The van der Waals surface area contributed by atoms with Crippen LogP contribution in [0.25, 0.3) is 0 Å². The SMILES string of the molecule is CN(CCc1ccccc1C(F)(F)F)c1ccc(N)cc1. The Morgan fingerprint density at radius 3 is 2.24 bits per heavy atom. The summed E-state index contributed by atoms with van der Waals surface area (Å²) in [6.45, 7) is 0.497. The molecule has 0 aromatic heterocycles. The van der Waals surface area contributed by atoms with E-state index in [9.17, 15) is 13.2 Å². The molecule has 0 radical (unpaired) electrons. The van der Waals surface area contributed by atoms with Gasteiger partial charge in [0.05, 0.1) is 5.56 Å². The summed E-state index contributed by atoms with van der Waals surface area (Å²) in [7, 11) is 1.85. The molecule has 0 saturated heterocycles. The Hall–Kier alpha value is -2.17. The van der Waals surface area contributed by atoms with Crippen molar-refractivity contribution in [3.63, 3.8) is 0 Å². The van der Waals surface area contributed by atoms with E-state index in [0.29, 0.717) is 24.2 Å². The molecular weight excluding hydrogens is 277 g/mol. The van der Waals surface area contributed by atoms with Gasteiger partial charge in [-0.05, 0) is 42.3 Å². The van der Waals surface area contributed by atoms with Gasteiger partial charge in [-0.3, -0.25) is 0 Å². The summed E-state index contributed by atoms with van der Waals surface area (Å²) in [5.41, 5.74) is 6.96.